The molecule has 0 aliphatic carbocycles. The fraction of sp³-hybridized carbons (Fsp3) is 0.421. The summed E-state index contributed by atoms with van der Waals surface area (Å²) in [7, 11) is 1.94. The van der Waals surface area contributed by atoms with Crippen LogP contribution in [-0.2, 0) is 17.9 Å². The summed E-state index contributed by atoms with van der Waals surface area (Å²) >= 11 is 0. The highest BCUT2D eigenvalue weighted by molar-refractivity contribution is 14.0. The van der Waals surface area contributed by atoms with Crippen LogP contribution < -0.4 is 5.32 Å². The second kappa shape index (κ2) is 12.7. The van der Waals surface area contributed by atoms with Crippen molar-refractivity contribution >= 4 is 29.9 Å². The third kappa shape index (κ3) is 8.18. The molecule has 0 atom stereocenters. The number of nitrogens with zero attached hydrogens (tertiary/aromatic N) is 2. The molecule has 5 nitrogen and oxygen atoms in total. The normalized spacial score (nSPS) is 11.1. The molecule has 0 spiro atoms. The van der Waals surface area contributed by atoms with Gasteiger partial charge >= 0.3 is 0 Å². The summed E-state index contributed by atoms with van der Waals surface area (Å²) in [4.78, 5) is 6.59. The van der Waals surface area contributed by atoms with Crippen LogP contribution in [-0.4, -0.2) is 37.6 Å². The Morgan fingerprint density at radius 1 is 1.31 bits per heavy atom. The first kappa shape index (κ1) is 22.4. The number of halogens is 2. The highest BCUT2D eigenvalue weighted by Crippen LogP contribution is 2.07. The monoisotopic (exact) mass is 475 g/mol. The van der Waals surface area contributed by atoms with Crippen molar-refractivity contribution < 1.29 is 13.5 Å². The highest BCUT2D eigenvalue weighted by atomic mass is 127. The van der Waals surface area contributed by atoms with Crippen LogP contribution >= 0.6 is 24.0 Å². The van der Waals surface area contributed by atoms with E-state index >= 15 is 0 Å². The Morgan fingerprint density at radius 3 is 2.85 bits per heavy atom. The van der Waals surface area contributed by atoms with Crippen LogP contribution in [0.1, 0.15) is 24.7 Å². The zero-order chi connectivity index (χ0) is 17.9. The van der Waals surface area contributed by atoms with Crippen molar-refractivity contribution in [2.75, 3.05) is 26.7 Å². The van der Waals surface area contributed by atoms with Gasteiger partial charge in [0.2, 0.25) is 0 Å². The van der Waals surface area contributed by atoms with E-state index in [4.69, 9.17) is 9.15 Å². The van der Waals surface area contributed by atoms with Crippen LogP contribution in [0.5, 0.6) is 0 Å². The van der Waals surface area contributed by atoms with E-state index in [1.807, 2.05) is 37.1 Å². The Balaban J connectivity index is 0.00000338. The molecule has 0 unspecified atom stereocenters. The molecular formula is C19H27FIN3O2. The third-order valence-corrected chi connectivity index (χ3v) is 3.54. The maximum absolute atomic E-state index is 13.3. The van der Waals surface area contributed by atoms with Crippen LogP contribution in [0, 0.1) is 5.82 Å². The van der Waals surface area contributed by atoms with E-state index in [-0.39, 0.29) is 29.8 Å². The van der Waals surface area contributed by atoms with E-state index in [1.165, 1.54) is 6.07 Å². The molecule has 1 N–H and O–H groups in total. The molecule has 26 heavy (non-hydrogen) atoms. The lowest BCUT2D eigenvalue weighted by Crippen LogP contribution is -2.38. The molecule has 7 heteroatoms. The molecule has 2 aromatic rings. The molecule has 0 aliphatic heterocycles. The van der Waals surface area contributed by atoms with E-state index in [0.717, 1.165) is 30.2 Å². The van der Waals surface area contributed by atoms with Gasteiger partial charge in [0.05, 0.1) is 6.26 Å². The molecular weight excluding hydrogens is 448 g/mol. The lowest BCUT2D eigenvalue weighted by molar-refractivity contribution is 0.105. The van der Waals surface area contributed by atoms with Gasteiger partial charge in [0.15, 0.2) is 5.96 Å². The first-order valence-corrected chi connectivity index (χ1v) is 8.53. The minimum absolute atomic E-state index is 0. The SMILES string of the molecule is CCNC(=NCCCOCc1ccco1)N(C)Cc1cccc(F)c1.I. The summed E-state index contributed by atoms with van der Waals surface area (Å²) in [6.45, 7) is 5.17. The predicted molar refractivity (Wildman–Crippen MR) is 112 cm³/mol. The van der Waals surface area contributed by atoms with Gasteiger partial charge in [-0.2, -0.15) is 0 Å². The largest absolute Gasteiger partial charge is 0.467 e. The van der Waals surface area contributed by atoms with Crippen molar-refractivity contribution in [1.29, 1.82) is 0 Å². The van der Waals surface area contributed by atoms with Crippen molar-refractivity contribution in [3.05, 3.63) is 59.8 Å². The van der Waals surface area contributed by atoms with Crippen molar-refractivity contribution in [2.24, 2.45) is 4.99 Å². The van der Waals surface area contributed by atoms with E-state index < -0.39 is 0 Å². The van der Waals surface area contributed by atoms with Gasteiger partial charge in [-0.15, -0.1) is 24.0 Å². The molecule has 144 valence electrons. The zero-order valence-electron chi connectivity index (χ0n) is 15.3. The molecule has 1 heterocycles. The summed E-state index contributed by atoms with van der Waals surface area (Å²) in [6.07, 6.45) is 2.46. The number of rotatable bonds is 9. The second-order valence-electron chi connectivity index (χ2n) is 5.71. The number of ether oxygens (including phenoxy) is 1. The molecule has 0 fully saturated rings. The molecule has 0 radical (unpaired) electrons. The van der Waals surface area contributed by atoms with Crippen molar-refractivity contribution in [3.8, 4) is 0 Å². The third-order valence-electron chi connectivity index (χ3n) is 3.54. The van der Waals surface area contributed by atoms with Gasteiger partial charge in [0.1, 0.15) is 18.2 Å². The van der Waals surface area contributed by atoms with Crippen LogP contribution in [0.4, 0.5) is 4.39 Å². The quantitative estimate of drug-likeness (QED) is 0.258. The number of guanidine groups is 1. The van der Waals surface area contributed by atoms with Gasteiger partial charge < -0.3 is 19.4 Å². The number of hydrogen-bond acceptors (Lipinski definition) is 3. The topological polar surface area (TPSA) is 50.0 Å². The summed E-state index contributed by atoms with van der Waals surface area (Å²) in [5.41, 5.74) is 0.912. The molecule has 2 rings (SSSR count). The molecule has 0 amide bonds. The first-order valence-electron chi connectivity index (χ1n) is 8.53. The van der Waals surface area contributed by atoms with Crippen LogP contribution in [0.15, 0.2) is 52.1 Å². The highest BCUT2D eigenvalue weighted by Gasteiger charge is 2.07. The van der Waals surface area contributed by atoms with Crippen molar-refractivity contribution in [3.63, 3.8) is 0 Å². The van der Waals surface area contributed by atoms with E-state index in [1.54, 1.807) is 18.4 Å². The number of nitrogens with one attached hydrogen (secondary N) is 1. The Hall–Kier alpha value is -1.61. The Labute approximate surface area is 171 Å². The second-order valence-corrected chi connectivity index (χ2v) is 5.71. The molecule has 0 saturated heterocycles. The van der Waals surface area contributed by atoms with Gasteiger partial charge in [-0.25, -0.2) is 4.39 Å². The number of hydrogen-bond donors (Lipinski definition) is 1. The predicted octanol–water partition coefficient (Wildman–Crippen LogP) is 4.04. The van der Waals surface area contributed by atoms with Crippen LogP contribution in [0.25, 0.3) is 0 Å². The van der Waals surface area contributed by atoms with Gasteiger partial charge in [-0.1, -0.05) is 12.1 Å². The Morgan fingerprint density at radius 2 is 2.15 bits per heavy atom. The first-order chi connectivity index (χ1) is 12.2. The minimum Gasteiger partial charge on any atom is -0.467 e. The number of furan rings is 1. The Kier molecular flexibility index (Phi) is 11.0. The molecule has 0 bridgehead atoms. The standard InChI is InChI=1S/C19H26FN3O2.HI/c1-3-21-19(23(2)14-16-7-4-8-17(20)13-16)22-10-6-11-24-15-18-9-5-12-25-18;/h4-5,7-9,12-13H,3,6,10-11,14-15H2,1-2H3,(H,21,22);1H. The summed E-state index contributed by atoms with van der Waals surface area (Å²) < 4.78 is 24.1. The van der Waals surface area contributed by atoms with Gasteiger partial charge in [-0.05, 0) is 43.2 Å². The van der Waals surface area contributed by atoms with E-state index in [0.29, 0.717) is 26.3 Å². The summed E-state index contributed by atoms with van der Waals surface area (Å²) in [5.74, 6) is 1.41. The van der Waals surface area contributed by atoms with Gasteiger partial charge in [0, 0.05) is 33.3 Å². The molecule has 0 saturated carbocycles. The van der Waals surface area contributed by atoms with Crippen LogP contribution in [0.3, 0.4) is 0 Å². The van der Waals surface area contributed by atoms with Gasteiger partial charge in [0.25, 0.3) is 0 Å². The van der Waals surface area contributed by atoms with E-state index in [9.17, 15) is 4.39 Å². The lowest BCUT2D eigenvalue weighted by atomic mass is 10.2. The smallest absolute Gasteiger partial charge is 0.193 e. The fourth-order valence-corrected chi connectivity index (χ4v) is 2.37. The lowest BCUT2D eigenvalue weighted by Gasteiger charge is -2.22. The van der Waals surface area contributed by atoms with Crippen LogP contribution in [0.2, 0.25) is 0 Å². The average Bonchev–Trinajstić information content (AvgIpc) is 3.10. The van der Waals surface area contributed by atoms with Crippen molar-refractivity contribution in [2.45, 2.75) is 26.5 Å². The summed E-state index contributed by atoms with van der Waals surface area (Å²) in [5, 5.41) is 3.26. The van der Waals surface area contributed by atoms with Gasteiger partial charge in [-0.3, -0.25) is 4.99 Å². The summed E-state index contributed by atoms with van der Waals surface area (Å²) in [6, 6.07) is 10.4. The zero-order valence-corrected chi connectivity index (χ0v) is 17.6. The average molecular weight is 475 g/mol. The number of benzene rings is 1. The minimum atomic E-state index is -0.221. The fourth-order valence-electron chi connectivity index (χ4n) is 2.37. The number of aliphatic imine (C=N–C) groups is 1. The van der Waals surface area contributed by atoms with Crippen molar-refractivity contribution in [1.82, 2.24) is 10.2 Å². The molecule has 0 aliphatic rings. The molecule has 1 aromatic heterocycles. The molecule has 1 aromatic carbocycles. The maximum atomic E-state index is 13.3. The Bertz CT molecular complexity index is 650. The van der Waals surface area contributed by atoms with E-state index in [2.05, 4.69) is 10.3 Å². The maximum Gasteiger partial charge on any atom is 0.193 e.